The quantitative estimate of drug-likeness (QED) is 0.128. The van der Waals surface area contributed by atoms with Crippen molar-refractivity contribution >= 4 is 52.7 Å². The number of amides is 1. The SMILES string of the molecule is CN1CCN(CC(=O)Nc2ccc(N/C(=C3/c4ccc(B5N[C@H]6C(=O)O[C@H](CO)[C@@H](O)[C@@H]6O5)cc4NC3O)c3ccccc3)cc2)CC1. The molecule has 3 aromatic rings. The maximum absolute atomic E-state index is 12.7. The van der Waals surface area contributed by atoms with Crippen LogP contribution in [0.25, 0.3) is 11.3 Å². The largest absolute Gasteiger partial charge is 0.456 e. The highest BCUT2D eigenvalue weighted by molar-refractivity contribution is 6.66. The van der Waals surface area contributed by atoms with Gasteiger partial charge in [0.15, 0.2) is 12.3 Å². The van der Waals surface area contributed by atoms with Crippen LogP contribution < -0.4 is 26.6 Å². The first-order valence-corrected chi connectivity index (χ1v) is 16.1. The molecule has 1 unspecified atom stereocenters. The molecule has 4 aliphatic rings. The lowest BCUT2D eigenvalue weighted by molar-refractivity contribution is -0.181. The normalized spacial score (nSPS) is 26.7. The number of rotatable bonds is 8. The minimum atomic E-state index is -1.17. The van der Waals surface area contributed by atoms with Crippen molar-refractivity contribution in [2.24, 2.45) is 0 Å². The molecule has 13 nitrogen and oxygen atoms in total. The number of nitrogens with zero attached hydrogens (tertiary/aromatic N) is 2. The molecule has 3 aromatic carbocycles. The Kier molecular flexibility index (Phi) is 9.20. The van der Waals surface area contributed by atoms with Crippen molar-refractivity contribution in [3.8, 4) is 0 Å². The minimum absolute atomic E-state index is 0.0501. The number of cyclic esters (lactones) is 1. The number of hydrogen-bond donors (Lipinski definition) is 7. The van der Waals surface area contributed by atoms with Gasteiger partial charge < -0.3 is 50.8 Å². The third-order valence-corrected chi connectivity index (χ3v) is 9.31. The van der Waals surface area contributed by atoms with E-state index in [4.69, 9.17) is 9.39 Å². The Hall–Kier alpha value is -4.28. The van der Waals surface area contributed by atoms with Gasteiger partial charge >= 0.3 is 13.0 Å². The van der Waals surface area contributed by atoms with E-state index < -0.39 is 50.2 Å². The van der Waals surface area contributed by atoms with Crippen LogP contribution in [0.1, 0.15) is 11.1 Å². The number of fused-ring (bicyclic) bond motifs is 2. The summed E-state index contributed by atoms with van der Waals surface area (Å²) >= 11 is 0. The summed E-state index contributed by atoms with van der Waals surface area (Å²) in [7, 11) is 1.37. The molecular weight excluding hydrogens is 615 g/mol. The molecule has 250 valence electrons. The third kappa shape index (κ3) is 6.56. The van der Waals surface area contributed by atoms with Crippen molar-refractivity contribution in [1.29, 1.82) is 0 Å². The molecular formula is C34H39BN6O7. The molecule has 4 aliphatic heterocycles. The van der Waals surface area contributed by atoms with Crippen LogP contribution in [0.5, 0.6) is 0 Å². The van der Waals surface area contributed by atoms with Gasteiger partial charge in [0.05, 0.1) is 25.0 Å². The van der Waals surface area contributed by atoms with Gasteiger partial charge in [0.2, 0.25) is 5.91 Å². The number of carbonyl (C=O) groups excluding carboxylic acids is 2. The van der Waals surface area contributed by atoms with Crippen LogP contribution in [-0.4, -0.2) is 121 Å². The molecule has 3 fully saturated rings. The fourth-order valence-corrected chi connectivity index (χ4v) is 6.64. The third-order valence-electron chi connectivity index (χ3n) is 9.31. The summed E-state index contributed by atoms with van der Waals surface area (Å²) in [5, 5.41) is 44.1. The first-order valence-electron chi connectivity index (χ1n) is 16.1. The average molecular weight is 655 g/mol. The molecule has 0 saturated carbocycles. The summed E-state index contributed by atoms with van der Waals surface area (Å²) in [5.74, 6) is -0.641. The highest BCUT2D eigenvalue weighted by atomic mass is 16.6. The lowest BCUT2D eigenvalue weighted by atomic mass is 9.73. The van der Waals surface area contributed by atoms with Crippen LogP contribution in [0.3, 0.4) is 0 Å². The zero-order chi connectivity index (χ0) is 33.4. The van der Waals surface area contributed by atoms with Crippen LogP contribution in [0.15, 0.2) is 72.8 Å². The van der Waals surface area contributed by atoms with E-state index >= 15 is 0 Å². The first kappa shape index (κ1) is 32.3. The number of benzene rings is 3. The van der Waals surface area contributed by atoms with Crippen LogP contribution in [0.2, 0.25) is 0 Å². The number of esters is 1. The summed E-state index contributed by atoms with van der Waals surface area (Å²) in [6.07, 6.45) is -4.13. The molecule has 0 spiro atoms. The number of nitrogens with one attached hydrogen (secondary N) is 4. The smallest absolute Gasteiger partial charge is 0.417 e. The Balaban J connectivity index is 1.10. The van der Waals surface area contributed by atoms with E-state index in [2.05, 4.69) is 38.0 Å². The summed E-state index contributed by atoms with van der Waals surface area (Å²) in [4.78, 5) is 29.6. The van der Waals surface area contributed by atoms with Crippen LogP contribution in [-0.2, 0) is 19.0 Å². The van der Waals surface area contributed by atoms with Gasteiger partial charge in [0.1, 0.15) is 12.1 Å². The molecule has 7 N–H and O–H groups in total. The molecule has 3 saturated heterocycles. The Morgan fingerprint density at radius 3 is 2.40 bits per heavy atom. The van der Waals surface area contributed by atoms with Crippen molar-refractivity contribution in [2.45, 2.75) is 30.6 Å². The fraction of sp³-hybridized carbons (Fsp3) is 0.353. The molecule has 48 heavy (non-hydrogen) atoms. The monoisotopic (exact) mass is 654 g/mol. The van der Waals surface area contributed by atoms with E-state index in [1.54, 1.807) is 0 Å². The van der Waals surface area contributed by atoms with E-state index in [9.17, 15) is 24.9 Å². The molecule has 5 atom stereocenters. The Morgan fingerprint density at radius 2 is 1.69 bits per heavy atom. The van der Waals surface area contributed by atoms with Gasteiger partial charge in [0.25, 0.3) is 0 Å². The second kappa shape index (κ2) is 13.7. The number of hydrogen-bond acceptors (Lipinski definition) is 12. The summed E-state index contributed by atoms with van der Waals surface area (Å²) in [6.45, 7) is 3.49. The second-order valence-corrected chi connectivity index (χ2v) is 12.6. The van der Waals surface area contributed by atoms with Crippen LogP contribution in [0, 0.1) is 0 Å². The van der Waals surface area contributed by atoms with E-state index in [-0.39, 0.29) is 5.91 Å². The minimum Gasteiger partial charge on any atom is -0.456 e. The number of piperazine rings is 1. The lowest BCUT2D eigenvalue weighted by Gasteiger charge is -2.34. The summed E-state index contributed by atoms with van der Waals surface area (Å²) < 4.78 is 11.2. The lowest BCUT2D eigenvalue weighted by Crippen LogP contribution is -2.58. The van der Waals surface area contributed by atoms with Gasteiger partial charge in [-0.25, -0.2) is 0 Å². The Labute approximate surface area is 278 Å². The van der Waals surface area contributed by atoms with Gasteiger partial charge in [-0.05, 0) is 48.4 Å². The van der Waals surface area contributed by atoms with Crippen molar-refractivity contribution in [3.05, 3.63) is 83.9 Å². The van der Waals surface area contributed by atoms with Crippen LogP contribution in [0.4, 0.5) is 17.1 Å². The summed E-state index contributed by atoms with van der Waals surface area (Å²) in [5.41, 5.74) is 5.82. The Bertz CT molecular complexity index is 1680. The molecule has 7 rings (SSSR count). The van der Waals surface area contributed by atoms with Crippen molar-refractivity contribution < 1.29 is 34.3 Å². The fourth-order valence-electron chi connectivity index (χ4n) is 6.64. The van der Waals surface area contributed by atoms with Crippen LogP contribution >= 0.6 is 0 Å². The zero-order valence-electron chi connectivity index (χ0n) is 26.5. The van der Waals surface area contributed by atoms with Gasteiger partial charge in [0, 0.05) is 54.4 Å². The molecule has 0 radical (unpaired) electrons. The first-order chi connectivity index (χ1) is 23.3. The number of likely N-dealkylation sites (N-methyl/N-ethyl adjacent to an activating group) is 1. The predicted molar refractivity (Wildman–Crippen MR) is 182 cm³/mol. The summed E-state index contributed by atoms with van der Waals surface area (Å²) in [6, 6.07) is 21.9. The standard InChI is InChI=1S/C34H39BN6O7/c1-40-13-15-41(16-14-40)18-27(43)36-22-8-10-23(11-9-22)37-29(20-5-3-2-4-6-20)28-24-12-7-21(17-25(24)38-33(28)45)35-39-30-32(48-35)31(44)26(19-42)47-34(30)46/h2-12,17,26,30-33,37-39,42,44-45H,13-16,18-19H2,1H3,(H,36,43)/b29-28-/t26-,30-,31-,32-,33?/m1/s1. The Morgan fingerprint density at radius 1 is 0.979 bits per heavy atom. The number of aliphatic hydroxyl groups is 3. The molecule has 0 aliphatic carbocycles. The van der Waals surface area contributed by atoms with Gasteiger partial charge in [-0.15, -0.1) is 0 Å². The van der Waals surface area contributed by atoms with E-state index in [1.165, 1.54) is 0 Å². The van der Waals surface area contributed by atoms with Crippen molar-refractivity contribution in [3.63, 3.8) is 0 Å². The molecule has 4 heterocycles. The maximum Gasteiger partial charge on any atom is 0.417 e. The second-order valence-electron chi connectivity index (χ2n) is 12.6. The topological polar surface area (TPSA) is 168 Å². The molecule has 1 amide bonds. The molecule has 14 heteroatoms. The maximum atomic E-state index is 12.7. The number of ether oxygens (including phenoxy) is 1. The highest BCUT2D eigenvalue weighted by Gasteiger charge is 2.53. The van der Waals surface area contributed by atoms with Crippen molar-refractivity contribution in [1.82, 2.24) is 15.0 Å². The van der Waals surface area contributed by atoms with E-state index in [0.717, 1.165) is 43.0 Å². The van der Waals surface area contributed by atoms with E-state index in [0.29, 0.717) is 34.7 Å². The van der Waals surface area contributed by atoms with E-state index in [1.807, 2.05) is 72.8 Å². The molecule has 0 bridgehead atoms. The predicted octanol–water partition coefficient (Wildman–Crippen LogP) is -0.0724. The molecule has 0 aromatic heterocycles. The number of carbonyl (C=O) groups is 2. The van der Waals surface area contributed by atoms with Gasteiger partial charge in [-0.1, -0.05) is 42.5 Å². The van der Waals surface area contributed by atoms with Gasteiger partial charge in [-0.2, -0.15) is 0 Å². The zero-order valence-corrected chi connectivity index (χ0v) is 26.5. The average Bonchev–Trinajstić information content (AvgIpc) is 3.69. The van der Waals surface area contributed by atoms with Gasteiger partial charge in [-0.3, -0.25) is 14.5 Å². The number of anilines is 3. The number of aliphatic hydroxyl groups excluding tert-OH is 3. The highest BCUT2D eigenvalue weighted by Crippen LogP contribution is 2.39. The van der Waals surface area contributed by atoms with Crippen molar-refractivity contribution in [2.75, 3.05) is 62.3 Å².